The predicted octanol–water partition coefficient (Wildman–Crippen LogP) is 4.09. The topological polar surface area (TPSA) is 65.1 Å². The first-order chi connectivity index (χ1) is 12.7. The molecule has 0 spiro atoms. The Morgan fingerprint density at radius 2 is 2.12 bits per heavy atom. The summed E-state index contributed by atoms with van der Waals surface area (Å²) in [5.74, 6) is 1.49. The third-order valence-corrected chi connectivity index (χ3v) is 6.48. The Labute approximate surface area is 162 Å². The van der Waals surface area contributed by atoms with E-state index in [1.807, 2.05) is 5.38 Å². The molecule has 0 aliphatic rings. The van der Waals surface area contributed by atoms with Gasteiger partial charge in [-0.05, 0) is 19.4 Å². The Bertz CT molecular complexity index is 1110. The van der Waals surface area contributed by atoms with Crippen LogP contribution in [0.25, 0.3) is 16.3 Å². The number of nitrogens with zero attached hydrogens (tertiary/aromatic N) is 5. The van der Waals surface area contributed by atoms with Crippen LogP contribution in [0.1, 0.15) is 23.9 Å². The van der Waals surface area contributed by atoms with E-state index < -0.39 is 0 Å². The highest BCUT2D eigenvalue weighted by Crippen LogP contribution is 2.29. The average molecular weight is 404 g/mol. The lowest BCUT2D eigenvalue weighted by atomic mass is 10.3. The van der Waals surface area contributed by atoms with Gasteiger partial charge in [0.05, 0.1) is 5.69 Å². The zero-order chi connectivity index (χ0) is 18.1. The van der Waals surface area contributed by atoms with Crippen LogP contribution < -0.4 is 5.56 Å². The first-order valence-corrected chi connectivity index (χ1v) is 11.0. The third-order valence-electron chi connectivity index (χ3n) is 3.86. The molecule has 0 amide bonds. The fraction of sp³-hybridized carbons (Fsp3) is 0.294. The molecule has 0 aliphatic carbocycles. The summed E-state index contributed by atoms with van der Waals surface area (Å²) in [6, 6.07) is 3.74. The van der Waals surface area contributed by atoms with Gasteiger partial charge in [-0.25, -0.2) is 4.98 Å². The van der Waals surface area contributed by atoms with Gasteiger partial charge < -0.3 is 4.57 Å². The highest BCUT2D eigenvalue weighted by molar-refractivity contribution is 7.98. The zero-order valence-corrected chi connectivity index (χ0v) is 16.8. The molecule has 4 heterocycles. The number of aryl methyl sites for hydroxylation is 1. The lowest BCUT2D eigenvalue weighted by molar-refractivity contribution is 0.626. The summed E-state index contributed by atoms with van der Waals surface area (Å²) >= 11 is 4.75. The molecule has 4 aromatic heterocycles. The van der Waals surface area contributed by atoms with Gasteiger partial charge in [0.25, 0.3) is 5.56 Å². The lowest BCUT2D eigenvalue weighted by Gasteiger charge is -2.07. The number of hydrogen-bond donors (Lipinski definition) is 0. The molecule has 0 unspecified atom stereocenters. The molecule has 0 bridgehead atoms. The highest BCUT2D eigenvalue weighted by atomic mass is 32.2. The van der Waals surface area contributed by atoms with Crippen molar-refractivity contribution in [3.8, 4) is 11.4 Å². The van der Waals surface area contributed by atoms with E-state index in [0.717, 1.165) is 40.2 Å². The van der Waals surface area contributed by atoms with Crippen LogP contribution >= 0.6 is 34.4 Å². The molecule has 0 saturated heterocycles. The lowest BCUT2D eigenvalue weighted by Crippen LogP contribution is -2.12. The van der Waals surface area contributed by atoms with Crippen LogP contribution in [0.15, 0.2) is 39.0 Å². The molecule has 4 rings (SSSR count). The molecular formula is C17H17N5OS3. The Morgan fingerprint density at radius 3 is 2.88 bits per heavy atom. The molecule has 9 heteroatoms. The van der Waals surface area contributed by atoms with Crippen LogP contribution in [-0.2, 0) is 12.3 Å². The standard InChI is InChI=1S/C17H17N5OS3/c1-3-4-22-15(12-7-11(2)25-9-12)19-20-17(22)26-10-13-8-14(23)21-5-6-24-16(21)18-13/h5-9H,3-4,10H2,1-2H3. The van der Waals surface area contributed by atoms with E-state index >= 15 is 0 Å². The summed E-state index contributed by atoms with van der Waals surface area (Å²) < 4.78 is 3.72. The fourth-order valence-electron chi connectivity index (χ4n) is 2.70. The summed E-state index contributed by atoms with van der Waals surface area (Å²) in [6.07, 6.45) is 2.75. The number of thioether (sulfide) groups is 1. The minimum atomic E-state index is -0.0451. The second-order valence-corrected chi connectivity index (χ2v) is 8.76. The number of thiazole rings is 1. The Morgan fingerprint density at radius 1 is 1.23 bits per heavy atom. The van der Waals surface area contributed by atoms with E-state index in [-0.39, 0.29) is 5.56 Å². The quantitative estimate of drug-likeness (QED) is 0.454. The number of hydrogen-bond acceptors (Lipinski definition) is 7. The molecule has 0 fully saturated rings. The van der Waals surface area contributed by atoms with Crippen molar-refractivity contribution in [1.29, 1.82) is 0 Å². The number of thiophene rings is 1. The molecule has 134 valence electrons. The summed E-state index contributed by atoms with van der Waals surface area (Å²) in [7, 11) is 0. The minimum Gasteiger partial charge on any atom is -0.302 e. The number of aromatic nitrogens is 5. The van der Waals surface area contributed by atoms with E-state index in [2.05, 4.69) is 45.0 Å². The Hall–Kier alpha value is -1.97. The largest absolute Gasteiger partial charge is 0.302 e. The highest BCUT2D eigenvalue weighted by Gasteiger charge is 2.15. The van der Waals surface area contributed by atoms with Crippen molar-refractivity contribution in [3.63, 3.8) is 0 Å². The van der Waals surface area contributed by atoms with Gasteiger partial charge in [0, 0.05) is 45.8 Å². The van der Waals surface area contributed by atoms with E-state index in [9.17, 15) is 4.79 Å². The Balaban J connectivity index is 1.61. The van der Waals surface area contributed by atoms with Crippen LogP contribution in [0.4, 0.5) is 0 Å². The second kappa shape index (κ2) is 7.34. The van der Waals surface area contributed by atoms with Gasteiger partial charge in [-0.3, -0.25) is 9.20 Å². The summed E-state index contributed by atoms with van der Waals surface area (Å²) in [5, 5.41) is 13.6. The second-order valence-electron chi connectivity index (χ2n) is 5.83. The van der Waals surface area contributed by atoms with E-state index in [1.54, 1.807) is 39.8 Å². The van der Waals surface area contributed by atoms with Gasteiger partial charge in [-0.2, -0.15) is 0 Å². The Kier molecular flexibility index (Phi) is 4.92. The molecule has 0 saturated carbocycles. The molecule has 0 radical (unpaired) electrons. The zero-order valence-electron chi connectivity index (χ0n) is 14.4. The smallest absolute Gasteiger partial charge is 0.258 e. The van der Waals surface area contributed by atoms with E-state index in [4.69, 9.17) is 0 Å². The van der Waals surface area contributed by atoms with Crippen molar-refractivity contribution in [2.45, 2.75) is 37.7 Å². The minimum absolute atomic E-state index is 0.0451. The average Bonchev–Trinajstić information content (AvgIpc) is 3.33. The molecule has 4 aromatic rings. The molecule has 0 aromatic carbocycles. The molecule has 26 heavy (non-hydrogen) atoms. The first-order valence-electron chi connectivity index (χ1n) is 8.23. The number of fused-ring (bicyclic) bond motifs is 1. The van der Waals surface area contributed by atoms with Crippen molar-refractivity contribution < 1.29 is 0 Å². The maximum Gasteiger partial charge on any atom is 0.258 e. The van der Waals surface area contributed by atoms with Crippen molar-refractivity contribution in [3.05, 3.63) is 50.0 Å². The maximum atomic E-state index is 12.1. The number of rotatable bonds is 6. The van der Waals surface area contributed by atoms with Crippen LogP contribution in [-0.4, -0.2) is 24.1 Å². The molecule has 0 N–H and O–H groups in total. The van der Waals surface area contributed by atoms with Crippen molar-refractivity contribution >= 4 is 39.4 Å². The van der Waals surface area contributed by atoms with Gasteiger partial charge in [-0.15, -0.1) is 32.9 Å². The van der Waals surface area contributed by atoms with Crippen LogP contribution in [0, 0.1) is 6.92 Å². The van der Waals surface area contributed by atoms with Crippen LogP contribution in [0.3, 0.4) is 0 Å². The van der Waals surface area contributed by atoms with Gasteiger partial charge in [0.15, 0.2) is 15.9 Å². The normalized spacial score (nSPS) is 11.5. The van der Waals surface area contributed by atoms with Gasteiger partial charge in [-0.1, -0.05) is 18.7 Å². The summed E-state index contributed by atoms with van der Waals surface area (Å²) in [6.45, 7) is 5.10. The fourth-order valence-corrected chi connectivity index (χ4v) is 4.97. The van der Waals surface area contributed by atoms with Crippen LogP contribution in [0.5, 0.6) is 0 Å². The van der Waals surface area contributed by atoms with Crippen molar-refractivity contribution in [1.82, 2.24) is 24.1 Å². The first kappa shape index (κ1) is 17.4. The molecule has 0 atom stereocenters. The molecule has 6 nitrogen and oxygen atoms in total. The van der Waals surface area contributed by atoms with Gasteiger partial charge in [0.2, 0.25) is 0 Å². The summed E-state index contributed by atoms with van der Waals surface area (Å²) in [4.78, 5) is 18.7. The van der Waals surface area contributed by atoms with E-state index in [0.29, 0.717) is 5.75 Å². The van der Waals surface area contributed by atoms with Crippen molar-refractivity contribution in [2.24, 2.45) is 0 Å². The maximum absolute atomic E-state index is 12.1. The summed E-state index contributed by atoms with van der Waals surface area (Å²) in [5.41, 5.74) is 1.83. The van der Waals surface area contributed by atoms with E-state index in [1.165, 1.54) is 16.2 Å². The SMILES string of the molecule is CCCn1c(SCc2cc(=O)n3ccsc3n2)nnc1-c1csc(C)c1. The van der Waals surface area contributed by atoms with Gasteiger partial charge in [0.1, 0.15) is 0 Å². The van der Waals surface area contributed by atoms with Crippen molar-refractivity contribution in [2.75, 3.05) is 0 Å². The van der Waals surface area contributed by atoms with Crippen LogP contribution in [0.2, 0.25) is 0 Å². The molecular weight excluding hydrogens is 386 g/mol. The monoisotopic (exact) mass is 403 g/mol. The predicted molar refractivity (Wildman–Crippen MR) is 107 cm³/mol. The van der Waals surface area contributed by atoms with Gasteiger partial charge >= 0.3 is 0 Å². The third kappa shape index (κ3) is 3.34. The molecule has 0 aliphatic heterocycles.